The number of ether oxygens (including phenoxy) is 2. The molecule has 0 radical (unpaired) electrons. The number of hydrogen-bond donors (Lipinski definition) is 1. The number of nitrogens with one attached hydrogen (secondary N) is 1. The fourth-order valence-electron chi connectivity index (χ4n) is 3.47. The molecule has 1 aliphatic carbocycles. The first-order chi connectivity index (χ1) is 12.0. The zero-order valence-corrected chi connectivity index (χ0v) is 17.1. The number of benzene rings is 1. The molecule has 26 heavy (non-hydrogen) atoms. The number of hydrogen-bond acceptors (Lipinski definition) is 4. The normalized spacial score (nSPS) is 14.8. The van der Waals surface area contributed by atoms with Gasteiger partial charge in [0.05, 0.1) is 25.5 Å². The molecule has 3 rings (SSSR count). The monoisotopic (exact) mass is 379 g/mol. The topological polar surface area (TPSA) is 48.3 Å². The minimum atomic E-state index is 0. The van der Waals surface area contributed by atoms with Gasteiger partial charge in [-0.2, -0.15) is 5.10 Å². The van der Waals surface area contributed by atoms with Gasteiger partial charge in [-0.05, 0) is 42.4 Å². The molecule has 5 nitrogen and oxygen atoms in total. The minimum absolute atomic E-state index is 0. The summed E-state index contributed by atoms with van der Waals surface area (Å²) in [6.07, 6.45) is 2.57. The van der Waals surface area contributed by atoms with Crippen LogP contribution in [0, 0.1) is 5.92 Å². The quantitative estimate of drug-likeness (QED) is 0.745. The van der Waals surface area contributed by atoms with Gasteiger partial charge in [-0.3, -0.25) is 0 Å². The Morgan fingerprint density at radius 3 is 2.31 bits per heavy atom. The molecule has 1 aromatic heterocycles. The Balaban J connectivity index is 0.00000243. The smallest absolute Gasteiger partial charge is 0.216 e. The van der Waals surface area contributed by atoms with Gasteiger partial charge < -0.3 is 14.8 Å². The van der Waals surface area contributed by atoms with E-state index in [1.165, 1.54) is 24.0 Å². The van der Waals surface area contributed by atoms with Crippen LogP contribution in [0.2, 0.25) is 0 Å². The maximum absolute atomic E-state index is 5.60. The number of rotatable bonds is 8. The zero-order valence-electron chi connectivity index (χ0n) is 16.3. The van der Waals surface area contributed by atoms with E-state index in [4.69, 9.17) is 9.47 Å². The minimum Gasteiger partial charge on any atom is -0.497 e. The molecule has 1 saturated carbocycles. The predicted octanol–water partition coefficient (Wildman–Crippen LogP) is 4.22. The predicted molar refractivity (Wildman–Crippen MR) is 106 cm³/mol. The van der Waals surface area contributed by atoms with Gasteiger partial charge in [0.15, 0.2) is 0 Å². The van der Waals surface area contributed by atoms with Crippen LogP contribution in [0.4, 0.5) is 0 Å². The lowest BCUT2D eigenvalue weighted by atomic mass is 10.0. The summed E-state index contributed by atoms with van der Waals surface area (Å²) in [7, 11) is 5.36. The molecule has 0 amide bonds. The van der Waals surface area contributed by atoms with Crippen LogP contribution in [0.1, 0.15) is 55.5 Å². The Morgan fingerprint density at radius 2 is 1.81 bits per heavy atom. The molecule has 0 spiro atoms. The summed E-state index contributed by atoms with van der Waals surface area (Å²) >= 11 is 0. The van der Waals surface area contributed by atoms with E-state index in [1.807, 2.05) is 23.9 Å². The van der Waals surface area contributed by atoms with E-state index in [9.17, 15) is 0 Å². The molecule has 1 aromatic carbocycles. The van der Waals surface area contributed by atoms with Crippen LogP contribution in [0.15, 0.2) is 24.3 Å². The molecule has 2 aromatic rings. The number of nitrogens with zero attached hydrogens (tertiary/aromatic N) is 2. The van der Waals surface area contributed by atoms with Gasteiger partial charge in [-0.1, -0.05) is 26.0 Å². The van der Waals surface area contributed by atoms with Crippen LogP contribution in [0.5, 0.6) is 11.6 Å². The van der Waals surface area contributed by atoms with Crippen LogP contribution in [0.3, 0.4) is 0 Å². The molecule has 1 unspecified atom stereocenters. The average Bonchev–Trinajstić information content (AvgIpc) is 3.39. The van der Waals surface area contributed by atoms with Crippen molar-refractivity contribution in [1.29, 1.82) is 0 Å². The highest BCUT2D eigenvalue weighted by Gasteiger charge is 2.32. The molecule has 1 aliphatic rings. The van der Waals surface area contributed by atoms with Crippen molar-refractivity contribution in [3.05, 3.63) is 41.1 Å². The van der Waals surface area contributed by atoms with Gasteiger partial charge in [-0.15, -0.1) is 12.4 Å². The summed E-state index contributed by atoms with van der Waals surface area (Å²) in [6, 6.07) is 8.76. The van der Waals surface area contributed by atoms with Gasteiger partial charge in [-0.25, -0.2) is 4.68 Å². The Hall–Kier alpha value is -1.72. The standard InChI is InChI=1S/C20H29N3O2.ClH/c1-13(2)18-17(20(25-5)23(3)22-18)12-21-19(14-6-7-14)15-8-10-16(24-4)11-9-15;/h8-11,13-14,19,21H,6-7,12H2,1-5H3;1H. The highest BCUT2D eigenvalue weighted by molar-refractivity contribution is 5.85. The maximum atomic E-state index is 5.60. The Bertz CT molecular complexity index is 709. The van der Waals surface area contributed by atoms with Crippen molar-refractivity contribution < 1.29 is 9.47 Å². The molecular formula is C20H30ClN3O2. The lowest BCUT2D eigenvalue weighted by Gasteiger charge is -2.20. The molecule has 1 fully saturated rings. The number of aryl methyl sites for hydroxylation is 1. The summed E-state index contributed by atoms with van der Waals surface area (Å²) < 4.78 is 12.7. The molecule has 0 aliphatic heterocycles. The summed E-state index contributed by atoms with van der Waals surface area (Å²) in [6.45, 7) is 5.11. The van der Waals surface area contributed by atoms with Crippen LogP contribution < -0.4 is 14.8 Å². The lowest BCUT2D eigenvalue weighted by molar-refractivity contribution is 0.365. The molecule has 1 N–H and O–H groups in total. The Kier molecular flexibility index (Phi) is 6.95. The average molecular weight is 380 g/mol. The molecule has 6 heteroatoms. The van der Waals surface area contributed by atoms with Gasteiger partial charge in [0, 0.05) is 19.6 Å². The summed E-state index contributed by atoms with van der Waals surface area (Å²) in [4.78, 5) is 0. The van der Waals surface area contributed by atoms with Crippen LogP contribution in [-0.2, 0) is 13.6 Å². The Labute approximate surface area is 162 Å². The van der Waals surface area contributed by atoms with Crippen molar-refractivity contribution in [2.45, 2.75) is 45.2 Å². The zero-order chi connectivity index (χ0) is 18.0. The molecule has 0 saturated heterocycles. The third-order valence-corrected chi connectivity index (χ3v) is 4.93. The second-order valence-corrected chi connectivity index (χ2v) is 7.12. The van der Waals surface area contributed by atoms with Gasteiger partial charge in [0.25, 0.3) is 0 Å². The lowest BCUT2D eigenvalue weighted by Crippen LogP contribution is -2.23. The maximum Gasteiger partial charge on any atom is 0.216 e. The number of aromatic nitrogens is 2. The van der Waals surface area contributed by atoms with Crippen molar-refractivity contribution in [2.75, 3.05) is 14.2 Å². The fraction of sp³-hybridized carbons (Fsp3) is 0.550. The van der Waals surface area contributed by atoms with Crippen LogP contribution in [-0.4, -0.2) is 24.0 Å². The van der Waals surface area contributed by atoms with E-state index < -0.39 is 0 Å². The van der Waals surface area contributed by atoms with Crippen molar-refractivity contribution >= 4 is 12.4 Å². The summed E-state index contributed by atoms with van der Waals surface area (Å²) in [5.41, 5.74) is 3.59. The van der Waals surface area contributed by atoms with Crippen molar-refractivity contribution in [3.63, 3.8) is 0 Å². The third kappa shape index (κ3) is 4.33. The van der Waals surface area contributed by atoms with Crippen molar-refractivity contribution in [2.24, 2.45) is 13.0 Å². The van der Waals surface area contributed by atoms with Gasteiger partial charge in [0.2, 0.25) is 5.88 Å². The highest BCUT2D eigenvalue weighted by Crippen LogP contribution is 2.42. The largest absolute Gasteiger partial charge is 0.497 e. The highest BCUT2D eigenvalue weighted by atomic mass is 35.5. The Morgan fingerprint density at radius 1 is 1.15 bits per heavy atom. The van der Waals surface area contributed by atoms with E-state index in [-0.39, 0.29) is 12.4 Å². The number of halogens is 1. The first kappa shape index (κ1) is 20.6. The molecule has 1 heterocycles. The van der Waals surface area contributed by atoms with Crippen molar-refractivity contribution in [1.82, 2.24) is 15.1 Å². The van der Waals surface area contributed by atoms with Gasteiger partial charge >= 0.3 is 0 Å². The first-order valence-electron chi connectivity index (χ1n) is 9.02. The van der Waals surface area contributed by atoms with E-state index in [1.54, 1.807) is 14.2 Å². The van der Waals surface area contributed by atoms with Gasteiger partial charge in [0.1, 0.15) is 5.75 Å². The van der Waals surface area contributed by atoms with E-state index in [2.05, 4.69) is 36.4 Å². The van der Waals surface area contributed by atoms with Crippen molar-refractivity contribution in [3.8, 4) is 11.6 Å². The summed E-state index contributed by atoms with van der Waals surface area (Å²) in [5.74, 6) is 2.82. The molecule has 0 bridgehead atoms. The molecule has 144 valence electrons. The van der Waals surface area contributed by atoms with Crippen LogP contribution >= 0.6 is 12.4 Å². The fourth-order valence-corrected chi connectivity index (χ4v) is 3.47. The molecule has 1 atom stereocenters. The van der Waals surface area contributed by atoms with E-state index >= 15 is 0 Å². The second kappa shape index (κ2) is 8.78. The second-order valence-electron chi connectivity index (χ2n) is 7.12. The summed E-state index contributed by atoms with van der Waals surface area (Å²) in [5, 5.41) is 8.41. The van der Waals surface area contributed by atoms with Crippen LogP contribution in [0.25, 0.3) is 0 Å². The van der Waals surface area contributed by atoms with E-state index in [0.29, 0.717) is 17.9 Å². The number of methoxy groups -OCH3 is 2. The van der Waals surface area contributed by atoms with E-state index in [0.717, 1.165) is 23.9 Å². The SMILES string of the molecule is COc1ccc(C(NCc2c(C(C)C)nn(C)c2OC)C2CC2)cc1.Cl. The molecular weight excluding hydrogens is 350 g/mol. The third-order valence-electron chi connectivity index (χ3n) is 4.93. The first-order valence-corrected chi connectivity index (χ1v) is 9.02.